The third kappa shape index (κ3) is 3.79. The Morgan fingerprint density at radius 3 is 2.44 bits per heavy atom. The molecule has 1 aliphatic rings. The van der Waals surface area contributed by atoms with Gasteiger partial charge in [-0.15, -0.1) is 0 Å². The predicted molar refractivity (Wildman–Crippen MR) is 73.3 cm³/mol. The number of pyridine rings is 1. The molecule has 1 aromatic rings. The second-order valence-electron chi connectivity index (χ2n) is 5.52. The fraction of sp³-hybridized carbons (Fsp3) is 0.667. The van der Waals surface area contributed by atoms with Gasteiger partial charge in [0.25, 0.3) is 0 Å². The highest BCUT2D eigenvalue weighted by atomic mass is 16.3. The van der Waals surface area contributed by atoms with Crippen molar-refractivity contribution in [2.75, 3.05) is 6.54 Å². The first-order valence-corrected chi connectivity index (χ1v) is 7.05. The molecule has 0 amide bonds. The van der Waals surface area contributed by atoms with Gasteiger partial charge in [-0.3, -0.25) is 4.98 Å². The summed E-state index contributed by atoms with van der Waals surface area (Å²) in [6, 6.07) is 4.31. The van der Waals surface area contributed by atoms with E-state index in [9.17, 15) is 5.11 Å². The monoisotopic (exact) mass is 248 g/mol. The van der Waals surface area contributed by atoms with Crippen molar-refractivity contribution < 1.29 is 5.11 Å². The molecule has 1 atom stereocenters. The quantitative estimate of drug-likeness (QED) is 0.805. The van der Waals surface area contributed by atoms with Crippen LogP contribution in [0.25, 0.3) is 0 Å². The van der Waals surface area contributed by atoms with Gasteiger partial charge in [-0.2, -0.15) is 0 Å². The molecule has 0 unspecified atom stereocenters. The average Bonchev–Trinajstić information content (AvgIpc) is 2.62. The van der Waals surface area contributed by atoms with E-state index in [0.717, 1.165) is 25.7 Å². The van der Waals surface area contributed by atoms with Crippen LogP contribution in [0.5, 0.6) is 0 Å². The van der Waals surface area contributed by atoms with Crippen LogP contribution >= 0.6 is 0 Å². The van der Waals surface area contributed by atoms with Crippen molar-refractivity contribution in [3.8, 4) is 0 Å². The van der Waals surface area contributed by atoms with E-state index in [1.54, 1.807) is 0 Å². The molecule has 1 aromatic heterocycles. The smallest absolute Gasteiger partial charge is 0.0771 e. The SMILES string of the molecule is C[C@H](NCC1(O)CCCCCC1)c1ccncc1. The molecule has 0 spiro atoms. The van der Waals surface area contributed by atoms with Crippen molar-refractivity contribution in [2.45, 2.75) is 57.1 Å². The van der Waals surface area contributed by atoms with Gasteiger partial charge in [0.15, 0.2) is 0 Å². The van der Waals surface area contributed by atoms with Crippen molar-refractivity contribution in [3.05, 3.63) is 30.1 Å². The maximum Gasteiger partial charge on any atom is 0.0771 e. The Morgan fingerprint density at radius 1 is 1.22 bits per heavy atom. The highest BCUT2D eigenvalue weighted by molar-refractivity contribution is 5.14. The normalized spacial score (nSPS) is 21.2. The zero-order chi connectivity index (χ0) is 12.8. The van der Waals surface area contributed by atoms with Gasteiger partial charge in [0, 0.05) is 25.0 Å². The average molecular weight is 248 g/mol. The van der Waals surface area contributed by atoms with Crippen LogP contribution in [0, 0.1) is 0 Å². The van der Waals surface area contributed by atoms with Gasteiger partial charge in [-0.1, -0.05) is 25.7 Å². The molecule has 1 heterocycles. The lowest BCUT2D eigenvalue weighted by Gasteiger charge is -2.29. The van der Waals surface area contributed by atoms with Gasteiger partial charge >= 0.3 is 0 Å². The van der Waals surface area contributed by atoms with Crippen LogP contribution in [0.15, 0.2) is 24.5 Å². The van der Waals surface area contributed by atoms with Crippen LogP contribution in [-0.4, -0.2) is 22.2 Å². The molecule has 3 nitrogen and oxygen atoms in total. The lowest BCUT2D eigenvalue weighted by molar-refractivity contribution is 0.0231. The molecule has 1 saturated carbocycles. The minimum absolute atomic E-state index is 0.264. The van der Waals surface area contributed by atoms with Gasteiger partial charge in [0.1, 0.15) is 0 Å². The van der Waals surface area contributed by atoms with E-state index in [-0.39, 0.29) is 6.04 Å². The number of hydrogen-bond donors (Lipinski definition) is 2. The van der Waals surface area contributed by atoms with Gasteiger partial charge in [0.05, 0.1) is 5.60 Å². The summed E-state index contributed by atoms with van der Waals surface area (Å²) >= 11 is 0. The minimum Gasteiger partial charge on any atom is -0.389 e. The number of rotatable bonds is 4. The van der Waals surface area contributed by atoms with Crippen LogP contribution in [0.3, 0.4) is 0 Å². The summed E-state index contributed by atoms with van der Waals surface area (Å²) in [6.07, 6.45) is 10.3. The van der Waals surface area contributed by atoms with E-state index < -0.39 is 5.60 Å². The Labute approximate surface area is 110 Å². The molecular weight excluding hydrogens is 224 g/mol. The summed E-state index contributed by atoms with van der Waals surface area (Å²) in [4.78, 5) is 4.03. The highest BCUT2D eigenvalue weighted by Crippen LogP contribution is 2.27. The Balaban J connectivity index is 1.86. The first-order chi connectivity index (χ1) is 8.70. The number of aromatic nitrogens is 1. The zero-order valence-corrected chi connectivity index (χ0v) is 11.2. The zero-order valence-electron chi connectivity index (χ0n) is 11.2. The minimum atomic E-state index is -0.502. The Kier molecular flexibility index (Phi) is 4.72. The molecule has 100 valence electrons. The van der Waals surface area contributed by atoms with Gasteiger partial charge in [-0.25, -0.2) is 0 Å². The summed E-state index contributed by atoms with van der Waals surface area (Å²) in [5.41, 5.74) is 0.722. The maximum atomic E-state index is 10.6. The number of hydrogen-bond acceptors (Lipinski definition) is 3. The summed E-state index contributed by atoms with van der Waals surface area (Å²) < 4.78 is 0. The third-order valence-electron chi connectivity index (χ3n) is 3.98. The molecule has 0 bridgehead atoms. The predicted octanol–water partition coefficient (Wildman–Crippen LogP) is 2.82. The molecule has 0 radical (unpaired) electrons. The molecule has 0 aromatic carbocycles. The molecule has 2 N–H and O–H groups in total. The lowest BCUT2D eigenvalue weighted by atomic mass is 9.94. The second kappa shape index (κ2) is 6.30. The van der Waals surface area contributed by atoms with Gasteiger partial charge in [0.2, 0.25) is 0 Å². The largest absolute Gasteiger partial charge is 0.389 e. The first kappa shape index (κ1) is 13.5. The van der Waals surface area contributed by atoms with E-state index in [1.807, 2.05) is 24.5 Å². The van der Waals surface area contributed by atoms with Crippen LogP contribution in [0.4, 0.5) is 0 Å². The summed E-state index contributed by atoms with van der Waals surface area (Å²) in [6.45, 7) is 2.83. The van der Waals surface area contributed by atoms with E-state index in [2.05, 4.69) is 17.2 Å². The first-order valence-electron chi connectivity index (χ1n) is 7.05. The molecule has 3 heteroatoms. The second-order valence-corrected chi connectivity index (χ2v) is 5.52. The molecule has 0 saturated heterocycles. The van der Waals surface area contributed by atoms with Crippen molar-refractivity contribution in [3.63, 3.8) is 0 Å². The van der Waals surface area contributed by atoms with E-state index in [4.69, 9.17) is 0 Å². The molecule has 18 heavy (non-hydrogen) atoms. The van der Waals surface area contributed by atoms with E-state index in [1.165, 1.54) is 18.4 Å². The molecular formula is C15H24N2O. The van der Waals surface area contributed by atoms with Crippen molar-refractivity contribution in [1.82, 2.24) is 10.3 Å². The Hall–Kier alpha value is -0.930. The summed E-state index contributed by atoms with van der Waals surface area (Å²) in [5.74, 6) is 0. The van der Waals surface area contributed by atoms with E-state index in [0.29, 0.717) is 6.54 Å². The van der Waals surface area contributed by atoms with Crippen LogP contribution < -0.4 is 5.32 Å². The standard InChI is InChI=1S/C15H24N2O/c1-13(14-6-10-16-11-7-14)17-12-15(18)8-4-2-3-5-9-15/h6-7,10-11,13,17-18H,2-5,8-9,12H2,1H3/t13-/m0/s1. The van der Waals surface area contributed by atoms with Crippen molar-refractivity contribution in [2.24, 2.45) is 0 Å². The Morgan fingerprint density at radius 2 is 1.83 bits per heavy atom. The fourth-order valence-corrected chi connectivity index (χ4v) is 2.68. The van der Waals surface area contributed by atoms with Gasteiger partial charge in [-0.05, 0) is 37.5 Å². The van der Waals surface area contributed by atoms with Gasteiger partial charge < -0.3 is 10.4 Å². The van der Waals surface area contributed by atoms with Crippen LogP contribution in [-0.2, 0) is 0 Å². The highest BCUT2D eigenvalue weighted by Gasteiger charge is 2.28. The van der Waals surface area contributed by atoms with Crippen molar-refractivity contribution >= 4 is 0 Å². The third-order valence-corrected chi connectivity index (χ3v) is 3.98. The molecule has 2 rings (SSSR count). The molecule has 1 aliphatic carbocycles. The number of nitrogens with one attached hydrogen (secondary N) is 1. The number of aliphatic hydroxyl groups is 1. The van der Waals surface area contributed by atoms with Crippen molar-refractivity contribution in [1.29, 1.82) is 0 Å². The Bertz CT molecular complexity index is 345. The van der Waals surface area contributed by atoms with Crippen LogP contribution in [0.1, 0.15) is 57.1 Å². The lowest BCUT2D eigenvalue weighted by Crippen LogP contribution is -2.41. The molecule has 0 aliphatic heterocycles. The van der Waals surface area contributed by atoms with Crippen LogP contribution in [0.2, 0.25) is 0 Å². The maximum absolute atomic E-state index is 10.6. The van der Waals surface area contributed by atoms with E-state index >= 15 is 0 Å². The molecule has 1 fully saturated rings. The summed E-state index contributed by atoms with van der Waals surface area (Å²) in [5, 5.41) is 14.0. The fourth-order valence-electron chi connectivity index (χ4n) is 2.68. The summed E-state index contributed by atoms with van der Waals surface area (Å²) in [7, 11) is 0. The number of nitrogens with zero attached hydrogens (tertiary/aromatic N) is 1. The topological polar surface area (TPSA) is 45.1 Å².